The van der Waals surface area contributed by atoms with Crippen molar-refractivity contribution in [3.8, 4) is 0 Å². The van der Waals surface area contributed by atoms with Crippen LogP contribution in [0.15, 0.2) is 12.3 Å². The molecule has 0 aromatic rings. The fraction of sp³-hybridized carbons (Fsp3) is 0.905. The summed E-state index contributed by atoms with van der Waals surface area (Å²) in [6.07, 6.45) is 26.1. The normalized spacial score (nSPS) is 12.4. The van der Waals surface area contributed by atoms with Crippen LogP contribution in [0.4, 0.5) is 0 Å². The highest BCUT2D eigenvalue weighted by Crippen LogP contribution is 2.13. The quantitative estimate of drug-likeness (QED) is 0.211. The second-order valence-electron chi connectivity index (χ2n) is 7.89. The van der Waals surface area contributed by atoms with E-state index in [9.17, 15) is 0 Å². The van der Waals surface area contributed by atoms with Crippen LogP contribution in [0.1, 0.15) is 103 Å². The van der Waals surface area contributed by atoms with E-state index >= 15 is 0 Å². The topological polar surface area (TPSA) is 0 Å². The van der Waals surface area contributed by atoms with Crippen LogP contribution >= 0.6 is 0 Å². The highest BCUT2D eigenvalue weighted by Gasteiger charge is 1.98. The van der Waals surface area contributed by atoms with E-state index in [2.05, 4.69) is 40.3 Å². The predicted molar refractivity (Wildman–Crippen MR) is 102 cm³/mol. The lowest BCUT2D eigenvalue weighted by molar-refractivity contribution is -0.817. The zero-order valence-corrected chi connectivity index (χ0v) is 16.2. The van der Waals surface area contributed by atoms with Gasteiger partial charge >= 0.3 is 0 Å². The van der Waals surface area contributed by atoms with Crippen molar-refractivity contribution in [1.82, 2.24) is 0 Å². The van der Waals surface area contributed by atoms with E-state index in [0.717, 1.165) is 4.48 Å². The summed E-state index contributed by atoms with van der Waals surface area (Å²) in [5.41, 5.74) is 0. The number of unbranched alkanes of at least 4 members (excludes halogenated alkanes) is 14. The molecular formula is C21H44N+. The molecule has 0 aromatic heterocycles. The van der Waals surface area contributed by atoms with E-state index in [1.165, 1.54) is 96.3 Å². The maximum atomic E-state index is 2.35. The van der Waals surface area contributed by atoms with Crippen molar-refractivity contribution >= 4 is 0 Å². The van der Waals surface area contributed by atoms with Crippen molar-refractivity contribution in [2.45, 2.75) is 103 Å². The molecule has 1 nitrogen and oxygen atoms in total. The highest BCUT2D eigenvalue weighted by molar-refractivity contribution is 4.72. The van der Waals surface area contributed by atoms with Crippen LogP contribution in [-0.2, 0) is 0 Å². The second-order valence-corrected chi connectivity index (χ2v) is 7.89. The molecule has 0 atom stereocenters. The first-order chi connectivity index (χ1) is 10.6. The van der Waals surface area contributed by atoms with Crippen molar-refractivity contribution < 1.29 is 4.48 Å². The molecule has 132 valence electrons. The summed E-state index contributed by atoms with van der Waals surface area (Å²) in [6, 6.07) is 0. The fourth-order valence-electron chi connectivity index (χ4n) is 2.85. The van der Waals surface area contributed by atoms with E-state index in [4.69, 9.17) is 0 Å². The van der Waals surface area contributed by atoms with Gasteiger partial charge in [0.15, 0.2) is 0 Å². The lowest BCUT2D eigenvalue weighted by Crippen LogP contribution is -2.26. The molecule has 0 radical (unpaired) electrons. The van der Waals surface area contributed by atoms with Gasteiger partial charge in [-0.2, -0.15) is 0 Å². The van der Waals surface area contributed by atoms with Crippen molar-refractivity contribution in [1.29, 1.82) is 0 Å². The molecule has 1 heteroatoms. The van der Waals surface area contributed by atoms with Gasteiger partial charge in [-0.3, -0.25) is 0 Å². The summed E-state index contributed by atoms with van der Waals surface area (Å²) in [4.78, 5) is 0. The maximum absolute atomic E-state index is 2.35. The Labute approximate surface area is 141 Å². The largest absolute Gasteiger partial charge is 0.305 e. The standard InChI is InChI=1S/C21H44N/c1-5-6-7-8-9-10-11-12-13-14-15-16-17-18-19-20-21-22(2,3)4/h20-21H,5-19H2,1-4H3/q+1/b21-20-. The Balaban J connectivity index is 3.07. The zero-order chi connectivity index (χ0) is 16.5. The Morgan fingerprint density at radius 2 is 0.909 bits per heavy atom. The van der Waals surface area contributed by atoms with Gasteiger partial charge in [-0.25, -0.2) is 0 Å². The summed E-state index contributed by atoms with van der Waals surface area (Å²) in [6.45, 7) is 2.29. The molecule has 0 unspecified atom stereocenters. The van der Waals surface area contributed by atoms with E-state index in [0.29, 0.717) is 0 Å². The molecule has 0 fully saturated rings. The number of hydrogen-bond donors (Lipinski definition) is 0. The lowest BCUT2D eigenvalue weighted by atomic mass is 10.0. The average Bonchev–Trinajstić information content (AvgIpc) is 2.45. The van der Waals surface area contributed by atoms with Crippen LogP contribution < -0.4 is 0 Å². The molecule has 0 rings (SSSR count). The Morgan fingerprint density at radius 1 is 0.545 bits per heavy atom. The minimum atomic E-state index is 0.943. The van der Waals surface area contributed by atoms with Crippen LogP contribution in [-0.4, -0.2) is 25.6 Å². The third-order valence-corrected chi connectivity index (χ3v) is 4.28. The molecule has 0 saturated heterocycles. The molecule has 0 aliphatic rings. The third-order valence-electron chi connectivity index (χ3n) is 4.28. The molecule has 0 heterocycles. The van der Waals surface area contributed by atoms with Gasteiger partial charge in [-0.1, -0.05) is 90.4 Å². The SMILES string of the molecule is CCCCCCCCCCCCCCCC/C=C\[N+](C)(C)C. The van der Waals surface area contributed by atoms with Gasteiger partial charge < -0.3 is 4.48 Å². The lowest BCUT2D eigenvalue weighted by Gasteiger charge is -2.17. The number of hydrogen-bond acceptors (Lipinski definition) is 0. The van der Waals surface area contributed by atoms with E-state index in [1.54, 1.807) is 0 Å². The molecule has 0 aromatic carbocycles. The first-order valence-electron chi connectivity index (χ1n) is 10.0. The molecule has 0 N–H and O–H groups in total. The number of rotatable bonds is 16. The molecule has 0 bridgehead atoms. The van der Waals surface area contributed by atoms with E-state index in [-0.39, 0.29) is 0 Å². The molecule has 0 aliphatic heterocycles. The summed E-state index contributed by atoms with van der Waals surface area (Å²) < 4.78 is 0.943. The van der Waals surface area contributed by atoms with Crippen LogP contribution in [0.2, 0.25) is 0 Å². The highest BCUT2D eigenvalue weighted by atomic mass is 15.3. The van der Waals surface area contributed by atoms with Crippen molar-refractivity contribution in [3.05, 3.63) is 12.3 Å². The van der Waals surface area contributed by atoms with E-state index in [1.807, 2.05) is 0 Å². The third kappa shape index (κ3) is 19.7. The number of quaternary nitrogens is 1. The Morgan fingerprint density at radius 3 is 1.27 bits per heavy atom. The average molecular weight is 311 g/mol. The van der Waals surface area contributed by atoms with Gasteiger partial charge in [0.25, 0.3) is 0 Å². The molecule has 0 saturated carbocycles. The summed E-state index contributed by atoms with van der Waals surface area (Å²) in [5, 5.41) is 0. The van der Waals surface area contributed by atoms with Gasteiger partial charge in [0.05, 0.1) is 27.3 Å². The van der Waals surface area contributed by atoms with Crippen molar-refractivity contribution in [3.63, 3.8) is 0 Å². The molecule has 0 aliphatic carbocycles. The van der Waals surface area contributed by atoms with Gasteiger partial charge in [0, 0.05) is 0 Å². The van der Waals surface area contributed by atoms with Crippen LogP contribution in [0.5, 0.6) is 0 Å². The molecule has 22 heavy (non-hydrogen) atoms. The molecular weight excluding hydrogens is 266 g/mol. The first-order valence-corrected chi connectivity index (χ1v) is 10.0. The maximum Gasteiger partial charge on any atom is 0.0911 e. The molecule has 0 spiro atoms. The van der Waals surface area contributed by atoms with Crippen molar-refractivity contribution in [2.24, 2.45) is 0 Å². The molecule has 0 amide bonds. The van der Waals surface area contributed by atoms with Crippen LogP contribution in [0.25, 0.3) is 0 Å². The monoisotopic (exact) mass is 310 g/mol. The number of allylic oxidation sites excluding steroid dienone is 1. The van der Waals surface area contributed by atoms with E-state index < -0.39 is 0 Å². The summed E-state index contributed by atoms with van der Waals surface area (Å²) in [5.74, 6) is 0. The van der Waals surface area contributed by atoms with Crippen LogP contribution in [0.3, 0.4) is 0 Å². The van der Waals surface area contributed by atoms with Gasteiger partial charge in [-0.15, -0.1) is 0 Å². The Bertz CT molecular complexity index is 237. The Hall–Kier alpha value is -0.300. The Kier molecular flexibility index (Phi) is 15.4. The van der Waals surface area contributed by atoms with Gasteiger partial charge in [0.2, 0.25) is 0 Å². The number of nitrogens with zero attached hydrogens (tertiary/aromatic N) is 1. The predicted octanol–water partition coefficient (Wildman–Crippen LogP) is 7.08. The summed E-state index contributed by atoms with van der Waals surface area (Å²) in [7, 11) is 6.63. The first kappa shape index (κ1) is 21.7. The van der Waals surface area contributed by atoms with Crippen molar-refractivity contribution in [2.75, 3.05) is 21.1 Å². The van der Waals surface area contributed by atoms with Gasteiger partial charge in [-0.05, 0) is 18.9 Å². The smallest absolute Gasteiger partial charge is 0.0911 e. The van der Waals surface area contributed by atoms with Gasteiger partial charge in [0.1, 0.15) is 0 Å². The van der Waals surface area contributed by atoms with Crippen LogP contribution in [0, 0.1) is 0 Å². The fourth-order valence-corrected chi connectivity index (χ4v) is 2.85. The second kappa shape index (κ2) is 15.6. The zero-order valence-electron chi connectivity index (χ0n) is 16.2. The summed E-state index contributed by atoms with van der Waals surface area (Å²) >= 11 is 0. The minimum Gasteiger partial charge on any atom is -0.305 e. The minimum absolute atomic E-state index is 0.943.